The molecule has 3 aromatic rings. The number of halogens is 1. The lowest BCUT2D eigenvalue weighted by atomic mass is 9.91. The Bertz CT molecular complexity index is 1300. The highest BCUT2D eigenvalue weighted by atomic mass is 35.5. The van der Waals surface area contributed by atoms with Gasteiger partial charge in [0.25, 0.3) is 0 Å². The van der Waals surface area contributed by atoms with Crippen molar-refractivity contribution in [2.45, 2.75) is 56.2 Å². The molecule has 0 saturated carbocycles. The molecule has 1 aromatic heterocycles. The highest BCUT2D eigenvalue weighted by molar-refractivity contribution is 7.91. The minimum atomic E-state index is -4.21. The molecule has 1 heterocycles. The predicted molar refractivity (Wildman–Crippen MR) is 130 cm³/mol. The van der Waals surface area contributed by atoms with Crippen molar-refractivity contribution in [3.05, 3.63) is 65.2 Å². The van der Waals surface area contributed by atoms with E-state index in [1.807, 2.05) is 32.9 Å². The molecule has 0 aliphatic rings. The monoisotopic (exact) mass is 486 g/mol. The lowest BCUT2D eigenvalue weighted by molar-refractivity contribution is 0.440. The SMILES string of the molecule is C=C(C)c1ccc(C)cc1-c1c(O)cc(CCCCC)c(S(=O)(=O)c2cnc(Cl)nc2)c1O. The van der Waals surface area contributed by atoms with Crippen LogP contribution in [0.4, 0.5) is 0 Å². The van der Waals surface area contributed by atoms with E-state index < -0.39 is 15.6 Å². The van der Waals surface area contributed by atoms with Gasteiger partial charge in [-0.25, -0.2) is 18.4 Å². The van der Waals surface area contributed by atoms with E-state index >= 15 is 0 Å². The summed E-state index contributed by atoms with van der Waals surface area (Å²) in [4.78, 5) is 7.12. The highest BCUT2D eigenvalue weighted by Crippen LogP contribution is 2.47. The van der Waals surface area contributed by atoms with Crippen molar-refractivity contribution in [3.63, 3.8) is 0 Å². The fourth-order valence-corrected chi connectivity index (χ4v) is 5.38. The molecule has 0 atom stereocenters. The number of nitrogens with zero attached hydrogens (tertiary/aromatic N) is 2. The van der Waals surface area contributed by atoms with Crippen LogP contribution in [-0.4, -0.2) is 28.6 Å². The first-order valence-corrected chi connectivity index (χ1v) is 12.5. The summed E-state index contributed by atoms with van der Waals surface area (Å²) in [6.07, 6.45) is 5.12. The smallest absolute Gasteiger partial charge is 0.222 e. The van der Waals surface area contributed by atoms with Crippen LogP contribution in [0, 0.1) is 6.92 Å². The Balaban J connectivity index is 2.35. The van der Waals surface area contributed by atoms with Gasteiger partial charge in [-0.2, -0.15) is 0 Å². The van der Waals surface area contributed by atoms with E-state index in [2.05, 4.69) is 16.5 Å². The summed E-state index contributed by atoms with van der Waals surface area (Å²) < 4.78 is 27.2. The van der Waals surface area contributed by atoms with Crippen LogP contribution in [0.15, 0.2) is 53.0 Å². The molecule has 0 spiro atoms. The third kappa shape index (κ3) is 5.04. The summed E-state index contributed by atoms with van der Waals surface area (Å²) in [7, 11) is -4.21. The largest absolute Gasteiger partial charge is 0.507 e. The molecule has 174 valence electrons. The second-order valence-electron chi connectivity index (χ2n) is 8.09. The Morgan fingerprint density at radius 2 is 1.79 bits per heavy atom. The number of phenolic OH excluding ortho intramolecular Hbond substituents is 2. The summed E-state index contributed by atoms with van der Waals surface area (Å²) in [5.74, 6) is -0.706. The predicted octanol–water partition coefficient (Wildman–Crippen LogP) is 6.12. The second-order valence-corrected chi connectivity index (χ2v) is 10.3. The number of sulfone groups is 1. The maximum Gasteiger partial charge on any atom is 0.222 e. The summed E-state index contributed by atoms with van der Waals surface area (Å²) in [6, 6.07) is 6.95. The lowest BCUT2D eigenvalue weighted by Crippen LogP contribution is -2.09. The molecule has 0 aliphatic heterocycles. The molecule has 33 heavy (non-hydrogen) atoms. The standard InChI is InChI=1S/C25H27ClN2O4S/c1-5-6-7-8-17-12-21(29)22(20-11-16(4)9-10-19(20)15(2)3)23(30)24(17)33(31,32)18-13-27-25(26)28-14-18/h9-14,29-30H,2,5-8H2,1,3-4H3. The number of rotatable bonds is 8. The number of hydrogen-bond acceptors (Lipinski definition) is 6. The molecule has 2 N–H and O–H groups in total. The summed E-state index contributed by atoms with van der Waals surface area (Å²) in [6.45, 7) is 9.71. The van der Waals surface area contributed by atoms with Gasteiger partial charge >= 0.3 is 0 Å². The number of unbranched alkanes of at least 4 members (excludes halogenated alkanes) is 2. The fraction of sp³-hybridized carbons (Fsp3) is 0.280. The maximum absolute atomic E-state index is 13.6. The van der Waals surface area contributed by atoms with Gasteiger partial charge in [-0.15, -0.1) is 0 Å². The zero-order valence-electron chi connectivity index (χ0n) is 18.9. The minimum absolute atomic E-state index is 0.0457. The van der Waals surface area contributed by atoms with E-state index in [9.17, 15) is 18.6 Å². The molecular formula is C25H27ClN2O4S. The van der Waals surface area contributed by atoms with Crippen LogP contribution in [0.25, 0.3) is 16.7 Å². The first-order valence-electron chi connectivity index (χ1n) is 10.6. The average molecular weight is 487 g/mol. The number of aryl methyl sites for hydroxylation is 2. The average Bonchev–Trinajstić information content (AvgIpc) is 2.73. The molecule has 3 rings (SSSR count). The number of hydrogen-bond donors (Lipinski definition) is 2. The summed E-state index contributed by atoms with van der Waals surface area (Å²) in [5, 5.41) is 22.2. The zero-order chi connectivity index (χ0) is 24.3. The van der Waals surface area contributed by atoms with E-state index in [-0.39, 0.29) is 26.4 Å². The van der Waals surface area contributed by atoms with Gasteiger partial charge in [0.2, 0.25) is 15.1 Å². The third-order valence-corrected chi connectivity index (χ3v) is 7.46. The van der Waals surface area contributed by atoms with E-state index in [0.717, 1.165) is 30.8 Å². The maximum atomic E-state index is 13.6. The van der Waals surface area contributed by atoms with Gasteiger partial charge in [0.05, 0.1) is 18.0 Å². The van der Waals surface area contributed by atoms with Crippen molar-refractivity contribution < 1.29 is 18.6 Å². The van der Waals surface area contributed by atoms with Gasteiger partial charge in [-0.05, 0) is 61.0 Å². The Kier molecular flexibility index (Phi) is 7.44. The number of allylic oxidation sites excluding steroid dienone is 1. The molecule has 0 radical (unpaired) electrons. The first kappa shape index (κ1) is 24.7. The van der Waals surface area contributed by atoms with Crippen LogP contribution in [0.1, 0.15) is 49.8 Å². The topological polar surface area (TPSA) is 100 Å². The molecule has 0 fully saturated rings. The number of phenols is 2. The van der Waals surface area contributed by atoms with Crippen LogP contribution in [-0.2, 0) is 16.3 Å². The molecule has 2 aromatic carbocycles. The van der Waals surface area contributed by atoms with Crippen LogP contribution >= 0.6 is 11.6 Å². The van der Waals surface area contributed by atoms with E-state index in [0.29, 0.717) is 35.1 Å². The van der Waals surface area contributed by atoms with Crippen molar-refractivity contribution >= 4 is 27.0 Å². The van der Waals surface area contributed by atoms with Gasteiger partial charge in [-0.1, -0.05) is 55.7 Å². The van der Waals surface area contributed by atoms with Crippen molar-refractivity contribution in [1.82, 2.24) is 9.97 Å². The molecule has 8 heteroatoms. The van der Waals surface area contributed by atoms with E-state index in [4.69, 9.17) is 11.6 Å². The Labute approximate surface area is 199 Å². The fourth-order valence-electron chi connectivity index (χ4n) is 3.80. The first-order chi connectivity index (χ1) is 15.6. The Morgan fingerprint density at radius 3 is 2.39 bits per heavy atom. The van der Waals surface area contributed by atoms with Crippen LogP contribution in [0.5, 0.6) is 11.5 Å². The van der Waals surface area contributed by atoms with E-state index in [1.54, 1.807) is 6.07 Å². The molecule has 0 amide bonds. The van der Waals surface area contributed by atoms with Crippen molar-refractivity contribution in [1.29, 1.82) is 0 Å². The van der Waals surface area contributed by atoms with Crippen molar-refractivity contribution in [2.24, 2.45) is 0 Å². The molecular weight excluding hydrogens is 460 g/mol. The second kappa shape index (κ2) is 9.93. The lowest BCUT2D eigenvalue weighted by Gasteiger charge is -2.19. The van der Waals surface area contributed by atoms with Crippen LogP contribution < -0.4 is 0 Å². The summed E-state index contributed by atoms with van der Waals surface area (Å²) in [5.41, 5.74) is 3.18. The van der Waals surface area contributed by atoms with Gasteiger partial charge in [0, 0.05) is 0 Å². The van der Waals surface area contributed by atoms with E-state index in [1.165, 1.54) is 6.07 Å². The number of aromatic nitrogens is 2. The Morgan fingerprint density at radius 1 is 1.12 bits per heavy atom. The normalized spacial score (nSPS) is 11.5. The molecule has 0 bridgehead atoms. The van der Waals surface area contributed by atoms with Crippen molar-refractivity contribution in [2.75, 3.05) is 0 Å². The number of benzene rings is 2. The molecule has 0 aliphatic carbocycles. The van der Waals surface area contributed by atoms with Gasteiger partial charge < -0.3 is 10.2 Å². The van der Waals surface area contributed by atoms with Crippen LogP contribution in [0.3, 0.4) is 0 Å². The molecule has 6 nitrogen and oxygen atoms in total. The van der Waals surface area contributed by atoms with Gasteiger partial charge in [-0.3, -0.25) is 0 Å². The van der Waals surface area contributed by atoms with Gasteiger partial charge in [0.15, 0.2) is 0 Å². The van der Waals surface area contributed by atoms with Crippen LogP contribution in [0.2, 0.25) is 5.28 Å². The minimum Gasteiger partial charge on any atom is -0.507 e. The molecule has 0 saturated heterocycles. The summed E-state index contributed by atoms with van der Waals surface area (Å²) >= 11 is 5.73. The van der Waals surface area contributed by atoms with Crippen molar-refractivity contribution in [3.8, 4) is 22.6 Å². The highest BCUT2D eigenvalue weighted by Gasteiger charge is 2.30. The zero-order valence-corrected chi connectivity index (χ0v) is 20.5. The van der Waals surface area contributed by atoms with Gasteiger partial charge in [0.1, 0.15) is 21.3 Å². The molecule has 0 unspecified atom stereocenters. The number of aromatic hydroxyl groups is 2. The third-order valence-electron chi connectivity index (χ3n) is 5.44. The Hall–Kier alpha value is -2.90. The quantitative estimate of drug-likeness (QED) is 0.294.